The average Bonchev–Trinajstić information content (AvgIpc) is 2.66. The van der Waals surface area contributed by atoms with Crippen molar-refractivity contribution in [3.8, 4) is 17.2 Å². The molecular formula is C10H7NO4. The van der Waals surface area contributed by atoms with Crippen LogP contribution < -0.4 is 0 Å². The number of nitrogens with zero attached hydrogens (tertiary/aromatic N) is 1. The molecule has 2 N–H and O–H groups in total. The van der Waals surface area contributed by atoms with E-state index < -0.39 is 5.97 Å². The Morgan fingerprint density at radius 1 is 1.40 bits per heavy atom. The number of carbonyl (C=O) groups is 1. The number of carboxylic acids is 1. The maximum atomic E-state index is 10.5. The van der Waals surface area contributed by atoms with E-state index >= 15 is 0 Å². The molecule has 0 radical (unpaired) electrons. The predicted octanol–water partition coefficient (Wildman–Crippen LogP) is 1.75. The summed E-state index contributed by atoms with van der Waals surface area (Å²) in [6, 6.07) is 6.23. The van der Waals surface area contributed by atoms with E-state index in [1.54, 1.807) is 12.1 Å². The van der Waals surface area contributed by atoms with Crippen LogP contribution in [-0.2, 0) is 0 Å². The number of hydrogen-bond acceptors (Lipinski definition) is 4. The molecule has 1 aromatic heterocycles. The fraction of sp³-hybridized carbons (Fsp3) is 0. The Morgan fingerprint density at radius 2 is 2.20 bits per heavy atom. The van der Waals surface area contributed by atoms with Gasteiger partial charge in [0.1, 0.15) is 12.0 Å². The highest BCUT2D eigenvalue weighted by molar-refractivity contribution is 5.85. The zero-order valence-electron chi connectivity index (χ0n) is 7.54. The van der Waals surface area contributed by atoms with Gasteiger partial charge in [0.2, 0.25) is 5.89 Å². The Morgan fingerprint density at radius 3 is 2.80 bits per heavy atom. The number of hydrogen-bond donors (Lipinski definition) is 2. The van der Waals surface area contributed by atoms with Gasteiger partial charge in [-0.3, -0.25) is 0 Å². The monoisotopic (exact) mass is 205 g/mol. The molecule has 0 unspecified atom stereocenters. The number of rotatable bonds is 2. The molecule has 0 saturated heterocycles. The number of benzene rings is 1. The highest BCUT2D eigenvalue weighted by Crippen LogP contribution is 2.22. The summed E-state index contributed by atoms with van der Waals surface area (Å²) < 4.78 is 4.96. The van der Waals surface area contributed by atoms with Crippen LogP contribution in [0, 0.1) is 0 Å². The van der Waals surface area contributed by atoms with Gasteiger partial charge in [-0.2, -0.15) is 0 Å². The van der Waals surface area contributed by atoms with E-state index in [9.17, 15) is 9.90 Å². The highest BCUT2D eigenvalue weighted by atomic mass is 16.4. The van der Waals surface area contributed by atoms with Crippen LogP contribution in [0.4, 0.5) is 0 Å². The van der Waals surface area contributed by atoms with Gasteiger partial charge in [-0.25, -0.2) is 9.78 Å². The summed E-state index contributed by atoms with van der Waals surface area (Å²) in [5.74, 6) is -0.906. The Labute approximate surface area is 84.6 Å². The Kier molecular flexibility index (Phi) is 2.13. The molecule has 1 heterocycles. The van der Waals surface area contributed by atoms with Crippen LogP contribution in [0.25, 0.3) is 11.5 Å². The SMILES string of the molecule is O=C(O)c1coc(-c2cccc(O)c2)n1. The molecule has 5 heteroatoms. The van der Waals surface area contributed by atoms with Crippen LogP contribution in [-0.4, -0.2) is 21.2 Å². The summed E-state index contributed by atoms with van der Waals surface area (Å²) in [5.41, 5.74) is 0.371. The lowest BCUT2D eigenvalue weighted by Gasteiger charge is -1.95. The minimum atomic E-state index is -1.15. The summed E-state index contributed by atoms with van der Waals surface area (Å²) in [4.78, 5) is 14.3. The summed E-state index contributed by atoms with van der Waals surface area (Å²) >= 11 is 0. The van der Waals surface area contributed by atoms with Crippen LogP contribution in [0.3, 0.4) is 0 Å². The first-order chi connectivity index (χ1) is 7.16. The zero-order valence-corrected chi connectivity index (χ0v) is 7.54. The van der Waals surface area contributed by atoms with Crippen molar-refractivity contribution in [3.63, 3.8) is 0 Å². The number of carboxylic acid groups (broad SMARTS) is 1. The minimum Gasteiger partial charge on any atom is -0.508 e. The van der Waals surface area contributed by atoms with Crippen LogP contribution in [0.15, 0.2) is 34.9 Å². The molecule has 0 atom stereocenters. The van der Waals surface area contributed by atoms with E-state index in [2.05, 4.69) is 4.98 Å². The summed E-state index contributed by atoms with van der Waals surface area (Å²) in [6.07, 6.45) is 1.06. The lowest BCUT2D eigenvalue weighted by Crippen LogP contribution is -1.95. The van der Waals surface area contributed by atoms with Crippen LogP contribution in [0.1, 0.15) is 10.5 Å². The third-order valence-electron chi connectivity index (χ3n) is 1.82. The van der Waals surface area contributed by atoms with Gasteiger partial charge in [0.15, 0.2) is 5.69 Å². The van der Waals surface area contributed by atoms with Gasteiger partial charge in [0.25, 0.3) is 0 Å². The topological polar surface area (TPSA) is 83.6 Å². The minimum absolute atomic E-state index is 0.0718. The molecule has 15 heavy (non-hydrogen) atoms. The fourth-order valence-electron chi connectivity index (χ4n) is 1.14. The van der Waals surface area contributed by atoms with E-state index in [0.717, 1.165) is 6.26 Å². The second-order valence-corrected chi connectivity index (χ2v) is 2.89. The van der Waals surface area contributed by atoms with E-state index in [4.69, 9.17) is 9.52 Å². The first-order valence-electron chi connectivity index (χ1n) is 4.15. The molecule has 2 aromatic rings. The number of phenols is 1. The molecule has 0 aliphatic rings. The van der Waals surface area contributed by atoms with Crippen LogP contribution in [0.2, 0.25) is 0 Å². The van der Waals surface area contributed by atoms with Crippen LogP contribution >= 0.6 is 0 Å². The standard InChI is InChI=1S/C10H7NO4/c12-7-3-1-2-6(4-7)9-11-8(5-15-9)10(13)14/h1-5,12H,(H,13,14). The maximum Gasteiger partial charge on any atom is 0.357 e. The van der Waals surface area contributed by atoms with Crippen molar-refractivity contribution >= 4 is 5.97 Å². The van der Waals surface area contributed by atoms with Crippen molar-refractivity contribution in [2.24, 2.45) is 0 Å². The molecule has 0 fully saturated rings. The molecular weight excluding hydrogens is 198 g/mol. The number of aromatic carboxylic acids is 1. The van der Waals surface area contributed by atoms with Gasteiger partial charge >= 0.3 is 5.97 Å². The quantitative estimate of drug-likeness (QED) is 0.780. The maximum absolute atomic E-state index is 10.5. The second-order valence-electron chi connectivity index (χ2n) is 2.89. The second kappa shape index (κ2) is 3.45. The molecule has 0 aliphatic carbocycles. The number of aromatic hydroxyl groups is 1. The molecule has 0 saturated carbocycles. The molecule has 0 bridgehead atoms. The van der Waals surface area contributed by atoms with Gasteiger partial charge in [-0.05, 0) is 18.2 Å². The van der Waals surface area contributed by atoms with E-state index in [1.165, 1.54) is 12.1 Å². The van der Waals surface area contributed by atoms with Crippen molar-refractivity contribution in [3.05, 3.63) is 36.2 Å². The number of phenolic OH excluding ortho intramolecular Hbond substituents is 1. The third kappa shape index (κ3) is 1.80. The number of oxazole rings is 1. The van der Waals surface area contributed by atoms with Crippen molar-refractivity contribution in [1.29, 1.82) is 0 Å². The summed E-state index contributed by atoms with van der Waals surface area (Å²) in [7, 11) is 0. The Balaban J connectivity index is 2.41. The van der Waals surface area contributed by atoms with Gasteiger partial charge in [0, 0.05) is 5.56 Å². The Bertz CT molecular complexity index is 504. The smallest absolute Gasteiger partial charge is 0.357 e. The van der Waals surface area contributed by atoms with Crippen molar-refractivity contribution in [2.45, 2.75) is 0 Å². The van der Waals surface area contributed by atoms with Gasteiger partial charge in [0.05, 0.1) is 0 Å². The van der Waals surface area contributed by atoms with Gasteiger partial charge in [-0.1, -0.05) is 6.07 Å². The average molecular weight is 205 g/mol. The predicted molar refractivity (Wildman–Crippen MR) is 50.6 cm³/mol. The molecule has 0 aliphatic heterocycles. The zero-order chi connectivity index (χ0) is 10.8. The van der Waals surface area contributed by atoms with E-state index in [-0.39, 0.29) is 17.3 Å². The lowest BCUT2D eigenvalue weighted by atomic mass is 10.2. The fourth-order valence-corrected chi connectivity index (χ4v) is 1.14. The number of aromatic nitrogens is 1. The first-order valence-corrected chi connectivity index (χ1v) is 4.15. The highest BCUT2D eigenvalue weighted by Gasteiger charge is 2.11. The molecule has 0 spiro atoms. The largest absolute Gasteiger partial charge is 0.508 e. The molecule has 2 rings (SSSR count). The third-order valence-corrected chi connectivity index (χ3v) is 1.82. The summed E-state index contributed by atoms with van der Waals surface area (Å²) in [5, 5.41) is 17.8. The normalized spacial score (nSPS) is 10.1. The molecule has 76 valence electrons. The van der Waals surface area contributed by atoms with E-state index in [0.29, 0.717) is 5.56 Å². The molecule has 1 aromatic carbocycles. The van der Waals surface area contributed by atoms with Crippen LogP contribution in [0.5, 0.6) is 5.75 Å². The van der Waals surface area contributed by atoms with Gasteiger partial charge < -0.3 is 14.6 Å². The summed E-state index contributed by atoms with van der Waals surface area (Å²) in [6.45, 7) is 0. The first kappa shape index (κ1) is 9.26. The Hall–Kier alpha value is -2.30. The lowest BCUT2D eigenvalue weighted by molar-refractivity contribution is 0.0690. The molecule has 5 nitrogen and oxygen atoms in total. The van der Waals surface area contributed by atoms with E-state index in [1.807, 2.05) is 0 Å². The van der Waals surface area contributed by atoms with Crippen molar-refractivity contribution in [1.82, 2.24) is 4.98 Å². The van der Waals surface area contributed by atoms with Crippen molar-refractivity contribution in [2.75, 3.05) is 0 Å². The van der Waals surface area contributed by atoms with Crippen molar-refractivity contribution < 1.29 is 19.4 Å². The van der Waals surface area contributed by atoms with Gasteiger partial charge in [-0.15, -0.1) is 0 Å². The molecule has 0 amide bonds.